The van der Waals surface area contributed by atoms with Crippen molar-refractivity contribution in [1.82, 2.24) is 9.88 Å². The van der Waals surface area contributed by atoms with Crippen molar-refractivity contribution < 1.29 is 0 Å². The maximum Gasteiger partial charge on any atom is 0.149 e. The Kier molecular flexibility index (Phi) is 3.68. The van der Waals surface area contributed by atoms with Crippen molar-refractivity contribution in [2.75, 3.05) is 43.5 Å². The van der Waals surface area contributed by atoms with Gasteiger partial charge in [0.2, 0.25) is 0 Å². The lowest BCUT2D eigenvalue weighted by molar-refractivity contribution is 0.217. The van der Waals surface area contributed by atoms with Gasteiger partial charge in [-0.1, -0.05) is 0 Å². The monoisotopic (exact) mass is 235 g/mol. The molecule has 0 bridgehead atoms. The van der Waals surface area contributed by atoms with Crippen molar-refractivity contribution in [3.63, 3.8) is 0 Å². The Morgan fingerprint density at radius 1 is 1.47 bits per heavy atom. The lowest BCUT2D eigenvalue weighted by Crippen LogP contribution is -2.35. The van der Waals surface area contributed by atoms with E-state index in [0.29, 0.717) is 17.4 Å². The molecule has 5 N–H and O–H groups in total. The van der Waals surface area contributed by atoms with E-state index in [4.69, 9.17) is 11.5 Å². The standard InChI is InChI=1S/C12H21N5/c1-17-6-2-3-9(8-17)7-15-11-5-4-10(13)12(14)16-11/h4-5,9H,2-3,6-8,13H2,1H3,(H3,14,15,16). The topological polar surface area (TPSA) is 80.2 Å². The van der Waals surface area contributed by atoms with Gasteiger partial charge in [-0.25, -0.2) is 4.98 Å². The van der Waals surface area contributed by atoms with Crippen LogP contribution in [0.2, 0.25) is 0 Å². The first-order chi connectivity index (χ1) is 8.15. The predicted molar refractivity (Wildman–Crippen MR) is 71.8 cm³/mol. The molecule has 0 aliphatic carbocycles. The lowest BCUT2D eigenvalue weighted by Gasteiger charge is -2.29. The van der Waals surface area contributed by atoms with Crippen molar-refractivity contribution >= 4 is 17.3 Å². The van der Waals surface area contributed by atoms with Crippen LogP contribution < -0.4 is 16.8 Å². The predicted octanol–water partition coefficient (Wildman–Crippen LogP) is 1.000. The SMILES string of the molecule is CN1CCCC(CNc2ccc(N)c(N)n2)C1. The highest BCUT2D eigenvalue weighted by molar-refractivity contribution is 5.61. The fourth-order valence-electron chi connectivity index (χ4n) is 2.27. The third kappa shape index (κ3) is 3.23. The molecule has 1 fully saturated rings. The first-order valence-electron chi connectivity index (χ1n) is 6.09. The summed E-state index contributed by atoms with van der Waals surface area (Å²) in [7, 11) is 2.17. The minimum atomic E-state index is 0.399. The number of likely N-dealkylation sites (tertiary alicyclic amines) is 1. The van der Waals surface area contributed by atoms with Crippen molar-refractivity contribution in [2.24, 2.45) is 5.92 Å². The Hall–Kier alpha value is -1.49. The summed E-state index contributed by atoms with van der Waals surface area (Å²) >= 11 is 0. The Morgan fingerprint density at radius 2 is 2.29 bits per heavy atom. The number of aromatic nitrogens is 1. The molecule has 94 valence electrons. The molecule has 17 heavy (non-hydrogen) atoms. The second-order valence-corrected chi connectivity index (χ2v) is 4.82. The highest BCUT2D eigenvalue weighted by Crippen LogP contribution is 2.18. The molecule has 0 spiro atoms. The average Bonchev–Trinajstić information content (AvgIpc) is 2.31. The molecule has 2 rings (SSSR count). The molecule has 0 aromatic carbocycles. The molecule has 2 heterocycles. The van der Waals surface area contributed by atoms with Crippen LogP contribution in [0.15, 0.2) is 12.1 Å². The zero-order chi connectivity index (χ0) is 12.3. The molecule has 1 aliphatic heterocycles. The number of nitrogens with zero attached hydrogens (tertiary/aromatic N) is 2. The molecule has 1 saturated heterocycles. The summed E-state index contributed by atoms with van der Waals surface area (Å²) in [5.41, 5.74) is 11.8. The van der Waals surface area contributed by atoms with E-state index in [-0.39, 0.29) is 0 Å². The van der Waals surface area contributed by atoms with Crippen LogP contribution in [0.25, 0.3) is 0 Å². The van der Waals surface area contributed by atoms with Crippen LogP contribution in [0.1, 0.15) is 12.8 Å². The number of rotatable bonds is 3. The summed E-state index contributed by atoms with van der Waals surface area (Å²) in [6, 6.07) is 3.66. The van der Waals surface area contributed by atoms with Gasteiger partial charge in [0, 0.05) is 13.1 Å². The summed E-state index contributed by atoms with van der Waals surface area (Å²) in [6.07, 6.45) is 2.56. The number of anilines is 3. The summed E-state index contributed by atoms with van der Waals surface area (Å²) in [5.74, 6) is 1.90. The molecular weight excluding hydrogens is 214 g/mol. The van der Waals surface area contributed by atoms with E-state index < -0.39 is 0 Å². The van der Waals surface area contributed by atoms with E-state index in [1.165, 1.54) is 19.4 Å². The van der Waals surface area contributed by atoms with Gasteiger partial charge in [0.1, 0.15) is 11.6 Å². The van der Waals surface area contributed by atoms with Gasteiger partial charge >= 0.3 is 0 Å². The number of hydrogen-bond acceptors (Lipinski definition) is 5. The Balaban J connectivity index is 1.86. The summed E-state index contributed by atoms with van der Waals surface area (Å²) in [6.45, 7) is 3.31. The lowest BCUT2D eigenvalue weighted by atomic mass is 9.98. The molecule has 1 unspecified atom stereocenters. The van der Waals surface area contributed by atoms with E-state index >= 15 is 0 Å². The van der Waals surface area contributed by atoms with Crippen molar-refractivity contribution in [3.8, 4) is 0 Å². The summed E-state index contributed by atoms with van der Waals surface area (Å²) in [4.78, 5) is 6.58. The molecule has 1 atom stereocenters. The van der Waals surface area contributed by atoms with Gasteiger partial charge < -0.3 is 21.7 Å². The second kappa shape index (κ2) is 5.23. The second-order valence-electron chi connectivity index (χ2n) is 4.82. The minimum Gasteiger partial charge on any atom is -0.396 e. The third-order valence-electron chi connectivity index (χ3n) is 3.25. The minimum absolute atomic E-state index is 0.399. The van der Waals surface area contributed by atoms with Gasteiger partial charge in [-0.15, -0.1) is 0 Å². The Bertz CT molecular complexity index is 379. The first kappa shape index (κ1) is 12.0. The molecule has 1 aliphatic rings. The van der Waals surface area contributed by atoms with Crippen LogP contribution in [-0.2, 0) is 0 Å². The fourth-order valence-corrected chi connectivity index (χ4v) is 2.27. The number of pyridine rings is 1. The van der Waals surface area contributed by atoms with Crippen LogP contribution in [0, 0.1) is 5.92 Å². The molecule has 1 aromatic heterocycles. The van der Waals surface area contributed by atoms with Crippen molar-refractivity contribution in [1.29, 1.82) is 0 Å². The highest BCUT2D eigenvalue weighted by atomic mass is 15.1. The van der Waals surface area contributed by atoms with Crippen LogP contribution in [-0.4, -0.2) is 36.6 Å². The van der Waals surface area contributed by atoms with E-state index in [2.05, 4.69) is 22.2 Å². The van der Waals surface area contributed by atoms with Crippen LogP contribution >= 0.6 is 0 Å². The van der Waals surface area contributed by atoms with Crippen molar-refractivity contribution in [3.05, 3.63) is 12.1 Å². The quantitative estimate of drug-likeness (QED) is 0.728. The third-order valence-corrected chi connectivity index (χ3v) is 3.25. The molecule has 1 aromatic rings. The number of nitrogens with two attached hydrogens (primary N) is 2. The maximum absolute atomic E-state index is 5.67. The average molecular weight is 235 g/mol. The normalized spacial score (nSPS) is 21.4. The van der Waals surface area contributed by atoms with E-state index in [0.717, 1.165) is 18.9 Å². The number of nitrogens with one attached hydrogen (secondary N) is 1. The maximum atomic E-state index is 5.67. The van der Waals surface area contributed by atoms with Gasteiger partial charge in [0.15, 0.2) is 0 Å². The number of nitrogen functional groups attached to an aromatic ring is 2. The largest absolute Gasteiger partial charge is 0.396 e. The van der Waals surface area contributed by atoms with Gasteiger partial charge in [-0.05, 0) is 44.5 Å². The smallest absolute Gasteiger partial charge is 0.149 e. The number of piperidine rings is 1. The summed E-state index contributed by atoms with van der Waals surface area (Å²) in [5, 5.41) is 3.33. The molecular formula is C12H21N5. The molecule has 0 saturated carbocycles. The van der Waals surface area contributed by atoms with Gasteiger partial charge in [0.05, 0.1) is 5.69 Å². The Labute approximate surface area is 102 Å². The van der Waals surface area contributed by atoms with E-state index in [9.17, 15) is 0 Å². The van der Waals surface area contributed by atoms with Gasteiger partial charge in [-0.2, -0.15) is 0 Å². The fraction of sp³-hybridized carbons (Fsp3) is 0.583. The van der Waals surface area contributed by atoms with E-state index in [1.54, 1.807) is 6.07 Å². The molecule has 0 amide bonds. The van der Waals surface area contributed by atoms with Crippen LogP contribution in [0.3, 0.4) is 0 Å². The highest BCUT2D eigenvalue weighted by Gasteiger charge is 2.16. The van der Waals surface area contributed by atoms with Gasteiger partial charge in [0.25, 0.3) is 0 Å². The zero-order valence-corrected chi connectivity index (χ0v) is 10.3. The molecule has 5 nitrogen and oxygen atoms in total. The van der Waals surface area contributed by atoms with Gasteiger partial charge in [-0.3, -0.25) is 0 Å². The van der Waals surface area contributed by atoms with E-state index in [1.807, 2.05) is 6.07 Å². The van der Waals surface area contributed by atoms with Crippen LogP contribution in [0.4, 0.5) is 17.3 Å². The number of hydrogen-bond donors (Lipinski definition) is 3. The first-order valence-corrected chi connectivity index (χ1v) is 6.09. The van der Waals surface area contributed by atoms with Crippen LogP contribution in [0.5, 0.6) is 0 Å². The molecule has 0 radical (unpaired) electrons. The Morgan fingerprint density at radius 3 is 3.00 bits per heavy atom. The van der Waals surface area contributed by atoms with Crippen molar-refractivity contribution in [2.45, 2.75) is 12.8 Å². The zero-order valence-electron chi connectivity index (χ0n) is 10.3. The summed E-state index contributed by atoms with van der Waals surface area (Å²) < 4.78 is 0. The molecule has 5 heteroatoms.